The Morgan fingerprint density at radius 1 is 1.11 bits per heavy atom. The normalized spacial score (nSPS) is 12.2. The van der Waals surface area contributed by atoms with Gasteiger partial charge in [0, 0.05) is 13.0 Å². The summed E-state index contributed by atoms with van der Waals surface area (Å²) in [5.41, 5.74) is 3.32. The van der Waals surface area contributed by atoms with Gasteiger partial charge in [-0.25, -0.2) is 14.8 Å². The number of aromatic carboxylic acids is 1. The highest BCUT2D eigenvalue weighted by atomic mass is 16.4. The molecule has 0 saturated heterocycles. The van der Waals surface area contributed by atoms with Crippen LogP contribution in [0.25, 0.3) is 0 Å². The van der Waals surface area contributed by atoms with E-state index in [1.54, 1.807) is 18.5 Å². The fourth-order valence-electron chi connectivity index (χ4n) is 2.96. The van der Waals surface area contributed by atoms with E-state index in [4.69, 9.17) is 5.11 Å². The first kappa shape index (κ1) is 17.6. The van der Waals surface area contributed by atoms with Crippen molar-refractivity contribution in [3.8, 4) is 11.8 Å². The van der Waals surface area contributed by atoms with Gasteiger partial charge in [0.05, 0.1) is 18.4 Å². The lowest BCUT2D eigenvalue weighted by atomic mass is 10.1. The molecule has 6 nitrogen and oxygen atoms in total. The second kappa shape index (κ2) is 7.80. The molecule has 0 radical (unpaired) electrons. The topological polar surface area (TPSA) is 81.6 Å². The highest BCUT2D eigenvalue weighted by molar-refractivity contribution is 5.87. The summed E-state index contributed by atoms with van der Waals surface area (Å²) in [4.78, 5) is 25.1. The van der Waals surface area contributed by atoms with Crippen LogP contribution in [0.15, 0.2) is 59.6 Å². The summed E-state index contributed by atoms with van der Waals surface area (Å²) in [5.74, 6) is 6.63. The number of carboxylic acids is 1. The molecule has 2 N–H and O–H groups in total. The van der Waals surface area contributed by atoms with Gasteiger partial charge in [0.2, 0.25) is 0 Å². The Balaban J connectivity index is 1.40. The number of aromatic nitrogens is 2. The average Bonchev–Trinajstić information content (AvgIpc) is 3.11. The van der Waals surface area contributed by atoms with E-state index in [0.717, 1.165) is 17.1 Å². The van der Waals surface area contributed by atoms with E-state index >= 15 is 0 Å². The molecule has 4 rings (SSSR count). The molecule has 0 aliphatic carbocycles. The van der Waals surface area contributed by atoms with E-state index in [0.29, 0.717) is 25.3 Å². The number of benzene rings is 2. The first-order chi connectivity index (χ1) is 13.7. The molecule has 0 amide bonds. The van der Waals surface area contributed by atoms with Crippen molar-refractivity contribution in [1.29, 1.82) is 0 Å². The highest BCUT2D eigenvalue weighted by Crippen LogP contribution is 2.22. The lowest BCUT2D eigenvalue weighted by molar-refractivity contribution is 0.0697. The molecule has 0 bridgehead atoms. The number of fused-ring (bicyclic) bond motifs is 1. The maximum atomic E-state index is 10.9. The lowest BCUT2D eigenvalue weighted by Crippen LogP contribution is -2.23. The molecule has 0 atom stereocenters. The Hall–Kier alpha value is -3.85. The molecule has 2 aromatic carbocycles. The van der Waals surface area contributed by atoms with Crippen molar-refractivity contribution in [3.63, 3.8) is 0 Å². The minimum Gasteiger partial charge on any atom is -0.478 e. The maximum Gasteiger partial charge on any atom is 0.335 e. The maximum absolute atomic E-state index is 10.9. The van der Waals surface area contributed by atoms with Gasteiger partial charge < -0.3 is 15.0 Å². The Labute approximate surface area is 162 Å². The monoisotopic (exact) mass is 370 g/mol. The van der Waals surface area contributed by atoms with Crippen LogP contribution in [-0.2, 0) is 19.5 Å². The number of H-pyrrole nitrogens is 1. The Kier molecular flexibility index (Phi) is 4.89. The van der Waals surface area contributed by atoms with Gasteiger partial charge in [-0.15, -0.1) is 0 Å². The van der Waals surface area contributed by atoms with Crippen LogP contribution in [0.1, 0.15) is 33.0 Å². The number of imidazole rings is 1. The summed E-state index contributed by atoms with van der Waals surface area (Å²) in [6.45, 7) is 1.25. The van der Waals surface area contributed by atoms with Crippen molar-refractivity contribution in [3.05, 3.63) is 82.8 Å². The van der Waals surface area contributed by atoms with Crippen molar-refractivity contribution in [2.75, 3.05) is 0 Å². The van der Waals surface area contributed by atoms with E-state index < -0.39 is 5.97 Å². The van der Waals surface area contributed by atoms with E-state index in [9.17, 15) is 4.79 Å². The number of aliphatic imine (C=N–C) groups is 1. The predicted molar refractivity (Wildman–Crippen MR) is 106 cm³/mol. The van der Waals surface area contributed by atoms with Gasteiger partial charge in [0.1, 0.15) is 5.69 Å². The molecule has 1 aromatic heterocycles. The molecule has 0 spiro atoms. The van der Waals surface area contributed by atoms with Gasteiger partial charge in [-0.1, -0.05) is 48.4 Å². The van der Waals surface area contributed by atoms with Gasteiger partial charge in [-0.05, 0) is 29.2 Å². The lowest BCUT2D eigenvalue weighted by Gasteiger charge is -2.21. The van der Waals surface area contributed by atoms with Crippen LogP contribution >= 0.6 is 0 Å². The van der Waals surface area contributed by atoms with Crippen LogP contribution in [0.4, 0.5) is 5.82 Å². The van der Waals surface area contributed by atoms with E-state index in [1.807, 2.05) is 47.4 Å². The number of carboxylic acid groups (broad SMARTS) is 1. The molecular formula is C22H18N4O2. The summed E-state index contributed by atoms with van der Waals surface area (Å²) in [6, 6.07) is 16.9. The largest absolute Gasteiger partial charge is 0.478 e. The first-order valence-electron chi connectivity index (χ1n) is 8.89. The van der Waals surface area contributed by atoms with E-state index in [-0.39, 0.29) is 5.56 Å². The van der Waals surface area contributed by atoms with Crippen LogP contribution in [0.3, 0.4) is 0 Å². The molecule has 1 aliphatic heterocycles. The summed E-state index contributed by atoms with van der Waals surface area (Å²) >= 11 is 0. The number of nitrogens with zero attached hydrogens (tertiary/aromatic N) is 3. The number of hydrogen-bond acceptors (Lipinski definition) is 4. The number of rotatable bonds is 4. The van der Waals surface area contributed by atoms with Crippen molar-refractivity contribution >= 4 is 18.1 Å². The van der Waals surface area contributed by atoms with Crippen LogP contribution in [0.5, 0.6) is 0 Å². The van der Waals surface area contributed by atoms with Crippen LogP contribution < -0.4 is 0 Å². The number of carbonyl (C=O) groups is 1. The van der Waals surface area contributed by atoms with Crippen molar-refractivity contribution in [1.82, 2.24) is 14.9 Å². The minimum absolute atomic E-state index is 0.282. The summed E-state index contributed by atoms with van der Waals surface area (Å²) in [7, 11) is 0. The zero-order chi connectivity index (χ0) is 19.3. The Morgan fingerprint density at radius 2 is 1.89 bits per heavy atom. The van der Waals surface area contributed by atoms with Crippen LogP contribution in [0, 0.1) is 11.8 Å². The molecule has 0 fully saturated rings. The van der Waals surface area contributed by atoms with Crippen molar-refractivity contribution in [2.45, 2.75) is 19.5 Å². The van der Waals surface area contributed by atoms with Gasteiger partial charge in [0.15, 0.2) is 11.6 Å². The van der Waals surface area contributed by atoms with E-state index in [1.165, 1.54) is 5.56 Å². The molecule has 2 heterocycles. The Bertz CT molecular complexity index is 1070. The second-order valence-electron chi connectivity index (χ2n) is 6.50. The van der Waals surface area contributed by atoms with Crippen molar-refractivity contribution in [2.24, 2.45) is 4.99 Å². The van der Waals surface area contributed by atoms with Crippen molar-refractivity contribution < 1.29 is 9.90 Å². The van der Waals surface area contributed by atoms with Gasteiger partial charge >= 0.3 is 5.97 Å². The predicted octanol–water partition coefficient (Wildman–Crippen LogP) is 3.38. The second-order valence-corrected chi connectivity index (χ2v) is 6.50. The summed E-state index contributed by atoms with van der Waals surface area (Å²) in [5, 5.41) is 8.98. The number of nitrogens with one attached hydrogen (secondary N) is 1. The standard InChI is InChI=1S/C22H18N4O2/c27-22(28)18-11-9-17(10-12-18)13-26-14-19-21(23-15-26)25-20(24-19)8-4-7-16-5-2-1-3-6-16/h1-3,5-6,9-12,15H,7,13-14H2,(H,24,25)(H,27,28). The number of aromatic amines is 1. The third kappa shape index (κ3) is 4.10. The van der Waals surface area contributed by atoms with Gasteiger partial charge in [-0.3, -0.25) is 0 Å². The third-order valence-electron chi connectivity index (χ3n) is 4.39. The average molecular weight is 370 g/mol. The smallest absolute Gasteiger partial charge is 0.335 e. The fourth-order valence-corrected chi connectivity index (χ4v) is 2.96. The zero-order valence-electron chi connectivity index (χ0n) is 15.1. The molecule has 0 saturated carbocycles. The van der Waals surface area contributed by atoms with Gasteiger partial charge in [-0.2, -0.15) is 0 Å². The third-order valence-corrected chi connectivity index (χ3v) is 4.39. The molecule has 6 heteroatoms. The zero-order valence-corrected chi connectivity index (χ0v) is 15.1. The first-order valence-corrected chi connectivity index (χ1v) is 8.89. The highest BCUT2D eigenvalue weighted by Gasteiger charge is 2.16. The number of hydrogen-bond donors (Lipinski definition) is 2. The molecule has 28 heavy (non-hydrogen) atoms. The molecule has 1 aliphatic rings. The van der Waals surface area contributed by atoms with Gasteiger partial charge in [0.25, 0.3) is 0 Å². The Morgan fingerprint density at radius 3 is 2.64 bits per heavy atom. The molecule has 0 unspecified atom stereocenters. The van der Waals surface area contributed by atoms with E-state index in [2.05, 4.69) is 26.8 Å². The quantitative estimate of drug-likeness (QED) is 0.690. The summed E-state index contributed by atoms with van der Waals surface area (Å²) in [6.07, 6.45) is 2.45. The van der Waals surface area contributed by atoms with Crippen LogP contribution in [-0.4, -0.2) is 32.3 Å². The fraction of sp³-hybridized carbons (Fsp3) is 0.136. The molecular weight excluding hydrogens is 352 g/mol. The SMILES string of the molecule is O=C(O)c1ccc(CN2C=Nc3[nH]c(C#CCc4ccccc4)nc3C2)cc1. The van der Waals surface area contributed by atoms with Crippen LogP contribution in [0.2, 0.25) is 0 Å². The minimum atomic E-state index is -0.923. The molecule has 138 valence electrons. The molecule has 3 aromatic rings. The summed E-state index contributed by atoms with van der Waals surface area (Å²) < 4.78 is 0.